The second-order valence-corrected chi connectivity index (χ2v) is 6.35. The molecule has 0 aromatic carbocycles. The molecule has 1 aromatic rings. The van der Waals surface area contributed by atoms with Crippen molar-refractivity contribution in [2.75, 3.05) is 31.6 Å². The lowest BCUT2D eigenvalue weighted by molar-refractivity contribution is 0.0601. The summed E-state index contributed by atoms with van der Waals surface area (Å²) in [7, 11) is 1.40. The summed E-state index contributed by atoms with van der Waals surface area (Å²) < 4.78 is 5.71. The fourth-order valence-corrected chi connectivity index (χ4v) is 3.87. The third-order valence-electron chi connectivity index (χ3n) is 4.28. The molecule has 2 aliphatic heterocycles. The molecule has 5 nitrogen and oxygen atoms in total. The minimum Gasteiger partial charge on any atom is -0.465 e. The summed E-state index contributed by atoms with van der Waals surface area (Å²) in [6.45, 7) is 2.97. The van der Waals surface area contributed by atoms with Gasteiger partial charge in [0.2, 0.25) is 0 Å². The molecule has 6 heteroatoms. The molecule has 0 unspecified atom stereocenters. The Labute approximate surface area is 126 Å². The molecule has 1 N–H and O–H groups in total. The number of hydrogen-bond acceptors (Lipinski definition) is 5. The molecule has 3 heterocycles. The predicted molar refractivity (Wildman–Crippen MR) is 80.1 cm³/mol. The van der Waals surface area contributed by atoms with E-state index in [1.165, 1.54) is 20.0 Å². The van der Waals surface area contributed by atoms with Crippen molar-refractivity contribution < 1.29 is 9.53 Å². The van der Waals surface area contributed by atoms with E-state index in [0.717, 1.165) is 36.2 Å². The highest BCUT2D eigenvalue weighted by Crippen LogP contribution is 2.37. The summed E-state index contributed by atoms with van der Waals surface area (Å²) in [5, 5.41) is 3.63. The molecular formula is C14H18BrN3O2. The van der Waals surface area contributed by atoms with Crippen molar-refractivity contribution in [2.24, 2.45) is 0 Å². The second kappa shape index (κ2) is 5.33. The van der Waals surface area contributed by atoms with E-state index in [1.54, 1.807) is 12.4 Å². The molecule has 0 bridgehead atoms. The van der Waals surface area contributed by atoms with Crippen LogP contribution < -0.4 is 10.2 Å². The number of nitrogens with one attached hydrogen (secondary N) is 1. The lowest BCUT2D eigenvalue weighted by Gasteiger charge is -2.26. The Bertz CT molecular complexity index is 529. The highest BCUT2D eigenvalue weighted by molar-refractivity contribution is 9.10. The molecule has 1 aromatic heterocycles. The van der Waals surface area contributed by atoms with Crippen LogP contribution in [0.1, 0.15) is 29.6 Å². The minimum absolute atomic E-state index is 0.218. The maximum absolute atomic E-state index is 11.9. The van der Waals surface area contributed by atoms with Gasteiger partial charge in [-0.2, -0.15) is 0 Å². The van der Waals surface area contributed by atoms with Gasteiger partial charge in [0.25, 0.3) is 0 Å². The van der Waals surface area contributed by atoms with E-state index in [1.807, 2.05) is 0 Å². The fraction of sp³-hybridized carbons (Fsp3) is 0.571. The van der Waals surface area contributed by atoms with E-state index in [2.05, 4.69) is 31.1 Å². The van der Waals surface area contributed by atoms with Crippen LogP contribution in [0.3, 0.4) is 0 Å². The summed E-state index contributed by atoms with van der Waals surface area (Å²) >= 11 is 3.52. The number of halogens is 1. The number of ether oxygens (including phenoxy) is 1. The van der Waals surface area contributed by atoms with Gasteiger partial charge in [-0.05, 0) is 41.7 Å². The van der Waals surface area contributed by atoms with Gasteiger partial charge in [0.15, 0.2) is 0 Å². The third kappa shape index (κ3) is 2.31. The van der Waals surface area contributed by atoms with Crippen LogP contribution in [0.5, 0.6) is 0 Å². The molecule has 3 rings (SSSR count). The molecule has 1 spiro atoms. The molecule has 0 aliphatic carbocycles. The summed E-state index contributed by atoms with van der Waals surface area (Å²) in [6.07, 6.45) is 6.87. The van der Waals surface area contributed by atoms with Gasteiger partial charge in [0, 0.05) is 31.0 Å². The first-order valence-corrected chi connectivity index (χ1v) is 7.66. The van der Waals surface area contributed by atoms with E-state index >= 15 is 0 Å². The zero-order valence-corrected chi connectivity index (χ0v) is 13.1. The van der Waals surface area contributed by atoms with Gasteiger partial charge in [-0.3, -0.25) is 4.98 Å². The lowest BCUT2D eigenvalue weighted by atomic mass is 9.97. The first kappa shape index (κ1) is 13.8. The fourth-order valence-electron chi connectivity index (χ4n) is 3.29. The number of esters is 1. The SMILES string of the molecule is COC(=O)c1cncc(Br)c1N1CC[C@@]2(CCCN2)C1. The topological polar surface area (TPSA) is 54.5 Å². The first-order chi connectivity index (χ1) is 9.65. The standard InChI is InChI=1S/C14H18BrN3O2/c1-20-13(19)10-7-16-8-11(15)12(10)18-6-4-14(9-18)3-2-5-17-14/h7-8,17H,2-6,9H2,1H3/t14-/m0/s1. The zero-order valence-electron chi connectivity index (χ0n) is 11.5. The summed E-state index contributed by atoms with van der Waals surface area (Å²) in [5.41, 5.74) is 1.64. The van der Waals surface area contributed by atoms with E-state index < -0.39 is 0 Å². The van der Waals surface area contributed by atoms with Crippen LogP contribution in [0.25, 0.3) is 0 Å². The quantitative estimate of drug-likeness (QED) is 0.835. The molecule has 2 saturated heterocycles. The molecule has 2 aliphatic rings. The molecular weight excluding hydrogens is 322 g/mol. The van der Waals surface area contributed by atoms with Crippen molar-refractivity contribution in [3.8, 4) is 0 Å². The third-order valence-corrected chi connectivity index (χ3v) is 4.86. The van der Waals surface area contributed by atoms with Gasteiger partial charge in [-0.15, -0.1) is 0 Å². The van der Waals surface area contributed by atoms with Crippen LogP contribution in [-0.2, 0) is 4.74 Å². The molecule has 108 valence electrons. The number of anilines is 1. The number of nitrogens with zero attached hydrogens (tertiary/aromatic N) is 2. The van der Waals surface area contributed by atoms with Gasteiger partial charge in [-0.1, -0.05) is 0 Å². The van der Waals surface area contributed by atoms with Crippen LogP contribution in [0.2, 0.25) is 0 Å². The number of pyridine rings is 1. The highest BCUT2D eigenvalue weighted by atomic mass is 79.9. The molecule has 20 heavy (non-hydrogen) atoms. The number of hydrogen-bond donors (Lipinski definition) is 1. The number of aromatic nitrogens is 1. The molecule has 0 radical (unpaired) electrons. The van der Waals surface area contributed by atoms with Crippen LogP contribution in [0.15, 0.2) is 16.9 Å². The molecule has 0 amide bonds. The normalized spacial score (nSPS) is 25.4. The molecule has 2 fully saturated rings. The Kier molecular flexibility index (Phi) is 3.69. The van der Waals surface area contributed by atoms with E-state index in [9.17, 15) is 4.79 Å². The second-order valence-electron chi connectivity index (χ2n) is 5.49. The van der Waals surface area contributed by atoms with Crippen molar-refractivity contribution in [3.05, 3.63) is 22.4 Å². The maximum Gasteiger partial charge on any atom is 0.341 e. The Morgan fingerprint density at radius 2 is 2.35 bits per heavy atom. The van der Waals surface area contributed by atoms with E-state index in [-0.39, 0.29) is 11.5 Å². The van der Waals surface area contributed by atoms with Gasteiger partial charge in [-0.25, -0.2) is 4.79 Å². The monoisotopic (exact) mass is 339 g/mol. The highest BCUT2D eigenvalue weighted by Gasteiger charge is 2.41. The zero-order chi connectivity index (χ0) is 14.2. The average Bonchev–Trinajstić information content (AvgIpc) is 3.08. The van der Waals surface area contributed by atoms with Gasteiger partial charge >= 0.3 is 5.97 Å². The summed E-state index contributed by atoms with van der Waals surface area (Å²) in [4.78, 5) is 18.3. The van der Waals surface area contributed by atoms with Gasteiger partial charge in [0.1, 0.15) is 5.56 Å². The Balaban J connectivity index is 1.92. The lowest BCUT2D eigenvalue weighted by Crippen LogP contribution is -2.42. The van der Waals surface area contributed by atoms with Gasteiger partial charge in [0.05, 0.1) is 17.3 Å². The number of methoxy groups -OCH3 is 1. The predicted octanol–water partition coefficient (Wildman–Crippen LogP) is 1.96. The van der Waals surface area contributed by atoms with Crippen molar-refractivity contribution in [2.45, 2.75) is 24.8 Å². The van der Waals surface area contributed by atoms with Gasteiger partial charge < -0.3 is 15.0 Å². The smallest absolute Gasteiger partial charge is 0.341 e. The Hall–Kier alpha value is -1.14. The molecule has 0 saturated carbocycles. The van der Waals surface area contributed by atoms with Crippen molar-refractivity contribution in [3.63, 3.8) is 0 Å². The van der Waals surface area contributed by atoms with Crippen LogP contribution in [-0.4, -0.2) is 43.2 Å². The van der Waals surface area contributed by atoms with Crippen LogP contribution in [0, 0.1) is 0 Å². The maximum atomic E-state index is 11.9. The van der Waals surface area contributed by atoms with E-state index in [0.29, 0.717) is 5.56 Å². The summed E-state index contributed by atoms with van der Waals surface area (Å²) in [6, 6.07) is 0. The average molecular weight is 340 g/mol. The van der Waals surface area contributed by atoms with E-state index in [4.69, 9.17) is 4.74 Å². The largest absolute Gasteiger partial charge is 0.465 e. The first-order valence-electron chi connectivity index (χ1n) is 6.87. The summed E-state index contributed by atoms with van der Waals surface area (Å²) in [5.74, 6) is -0.339. The van der Waals surface area contributed by atoms with Crippen LogP contribution >= 0.6 is 15.9 Å². The van der Waals surface area contributed by atoms with Crippen molar-refractivity contribution in [1.29, 1.82) is 0 Å². The van der Waals surface area contributed by atoms with Crippen molar-refractivity contribution >= 4 is 27.6 Å². The molecule has 1 atom stereocenters. The van der Waals surface area contributed by atoms with Crippen molar-refractivity contribution in [1.82, 2.24) is 10.3 Å². The Morgan fingerprint density at radius 3 is 3.05 bits per heavy atom. The number of carbonyl (C=O) groups is 1. The Morgan fingerprint density at radius 1 is 1.50 bits per heavy atom. The number of rotatable bonds is 2. The minimum atomic E-state index is -0.339. The van der Waals surface area contributed by atoms with Crippen LogP contribution in [0.4, 0.5) is 5.69 Å². The number of carbonyl (C=O) groups excluding carboxylic acids is 1.